The molecule has 1 aliphatic rings. The van der Waals surface area contributed by atoms with Crippen LogP contribution in [0.2, 0.25) is 0 Å². The van der Waals surface area contributed by atoms with Gasteiger partial charge in [0.05, 0.1) is 16.9 Å². The third-order valence-corrected chi connectivity index (χ3v) is 3.78. The average Bonchev–Trinajstić information content (AvgIpc) is 2.24. The van der Waals surface area contributed by atoms with E-state index >= 15 is 0 Å². The lowest BCUT2D eigenvalue weighted by Gasteiger charge is -2.48. The summed E-state index contributed by atoms with van der Waals surface area (Å²) in [7, 11) is 0. The van der Waals surface area contributed by atoms with Crippen LogP contribution in [0.15, 0.2) is 22.7 Å². The fourth-order valence-electron chi connectivity index (χ4n) is 2.46. The van der Waals surface area contributed by atoms with E-state index in [4.69, 9.17) is 0 Å². The lowest BCUT2D eigenvalue weighted by Crippen LogP contribution is -2.62. The standard InChI is InChI=1S/C13H15BrF3NO/c1-2-5-12(19)7-18(8-12)11-6-9(14)3-4-10(11)13(15,16)17/h3-4,6,19H,2,5,7-8H2,1H3. The molecule has 1 fully saturated rings. The Morgan fingerprint density at radius 3 is 2.53 bits per heavy atom. The van der Waals surface area contributed by atoms with Crippen LogP contribution in [0.25, 0.3) is 0 Å². The van der Waals surface area contributed by atoms with Crippen molar-refractivity contribution in [2.75, 3.05) is 18.0 Å². The molecule has 2 rings (SSSR count). The predicted octanol–water partition coefficient (Wildman–Crippen LogP) is 3.82. The molecule has 0 radical (unpaired) electrons. The van der Waals surface area contributed by atoms with Gasteiger partial charge in [0.1, 0.15) is 0 Å². The van der Waals surface area contributed by atoms with Crippen molar-refractivity contribution in [1.29, 1.82) is 0 Å². The summed E-state index contributed by atoms with van der Waals surface area (Å²) in [4.78, 5) is 1.57. The second-order valence-corrected chi connectivity index (χ2v) is 5.91. The summed E-state index contributed by atoms with van der Waals surface area (Å²) < 4.78 is 39.4. The zero-order valence-electron chi connectivity index (χ0n) is 10.5. The maximum atomic E-state index is 12.9. The van der Waals surface area contributed by atoms with Crippen molar-refractivity contribution in [3.05, 3.63) is 28.2 Å². The van der Waals surface area contributed by atoms with E-state index < -0.39 is 17.3 Å². The number of hydrogen-bond acceptors (Lipinski definition) is 2. The number of nitrogens with zero attached hydrogens (tertiary/aromatic N) is 1. The highest BCUT2D eigenvalue weighted by Crippen LogP contribution is 2.41. The lowest BCUT2D eigenvalue weighted by molar-refractivity contribution is -0.137. The Morgan fingerprint density at radius 2 is 2.00 bits per heavy atom. The molecule has 2 nitrogen and oxygen atoms in total. The molecule has 0 aromatic heterocycles. The Bertz CT molecular complexity index is 469. The van der Waals surface area contributed by atoms with Crippen molar-refractivity contribution in [1.82, 2.24) is 0 Å². The minimum Gasteiger partial charge on any atom is -0.386 e. The first-order valence-corrected chi connectivity index (χ1v) is 6.88. The fraction of sp³-hybridized carbons (Fsp3) is 0.538. The highest BCUT2D eigenvalue weighted by Gasteiger charge is 2.44. The van der Waals surface area contributed by atoms with E-state index in [2.05, 4.69) is 15.9 Å². The van der Waals surface area contributed by atoms with Gasteiger partial charge in [0.25, 0.3) is 0 Å². The fourth-order valence-corrected chi connectivity index (χ4v) is 2.81. The largest absolute Gasteiger partial charge is 0.418 e. The first-order valence-electron chi connectivity index (χ1n) is 6.09. The molecule has 1 saturated heterocycles. The number of anilines is 1. The third kappa shape index (κ3) is 3.05. The van der Waals surface area contributed by atoms with Crippen molar-refractivity contribution in [3.63, 3.8) is 0 Å². The summed E-state index contributed by atoms with van der Waals surface area (Å²) in [5, 5.41) is 10.1. The van der Waals surface area contributed by atoms with Crippen molar-refractivity contribution < 1.29 is 18.3 Å². The van der Waals surface area contributed by atoms with Gasteiger partial charge in [-0.3, -0.25) is 0 Å². The Balaban J connectivity index is 2.24. The molecule has 0 saturated carbocycles. The van der Waals surface area contributed by atoms with Crippen LogP contribution in [-0.2, 0) is 6.18 Å². The van der Waals surface area contributed by atoms with E-state index in [1.165, 1.54) is 12.1 Å². The van der Waals surface area contributed by atoms with Crippen LogP contribution in [0.3, 0.4) is 0 Å². The highest BCUT2D eigenvalue weighted by atomic mass is 79.9. The summed E-state index contributed by atoms with van der Waals surface area (Å²) in [5.74, 6) is 0. The van der Waals surface area contributed by atoms with Gasteiger partial charge in [-0.05, 0) is 24.6 Å². The van der Waals surface area contributed by atoms with E-state index in [1.807, 2.05) is 6.92 Å². The molecule has 1 aromatic carbocycles. The van der Waals surface area contributed by atoms with Crippen molar-refractivity contribution >= 4 is 21.6 Å². The van der Waals surface area contributed by atoms with Gasteiger partial charge in [0, 0.05) is 17.6 Å². The second-order valence-electron chi connectivity index (χ2n) is 4.99. The van der Waals surface area contributed by atoms with E-state index in [-0.39, 0.29) is 18.8 Å². The molecule has 0 amide bonds. The van der Waals surface area contributed by atoms with E-state index in [0.29, 0.717) is 10.9 Å². The molecule has 0 aliphatic carbocycles. The van der Waals surface area contributed by atoms with Crippen LogP contribution in [0.4, 0.5) is 18.9 Å². The summed E-state index contributed by atoms with van der Waals surface area (Å²) in [6.07, 6.45) is -2.96. The quantitative estimate of drug-likeness (QED) is 0.906. The molecule has 0 spiro atoms. The van der Waals surface area contributed by atoms with Crippen LogP contribution in [0.1, 0.15) is 25.3 Å². The number of aliphatic hydroxyl groups is 1. The van der Waals surface area contributed by atoms with Gasteiger partial charge in [-0.2, -0.15) is 13.2 Å². The van der Waals surface area contributed by atoms with E-state index in [9.17, 15) is 18.3 Å². The van der Waals surface area contributed by atoms with Crippen LogP contribution >= 0.6 is 15.9 Å². The Hall–Kier alpha value is -0.750. The van der Waals surface area contributed by atoms with Crippen molar-refractivity contribution in [3.8, 4) is 0 Å². The summed E-state index contributed by atoms with van der Waals surface area (Å²) in [5.41, 5.74) is -1.38. The molecule has 106 valence electrons. The Labute approximate surface area is 118 Å². The monoisotopic (exact) mass is 337 g/mol. The molecule has 1 aliphatic heterocycles. The van der Waals surface area contributed by atoms with E-state index in [1.54, 1.807) is 4.90 Å². The highest BCUT2D eigenvalue weighted by molar-refractivity contribution is 9.10. The van der Waals surface area contributed by atoms with Gasteiger partial charge in [0.2, 0.25) is 0 Å². The third-order valence-electron chi connectivity index (χ3n) is 3.29. The molecule has 1 aromatic rings. The van der Waals surface area contributed by atoms with Gasteiger partial charge in [-0.25, -0.2) is 0 Å². The molecule has 0 unspecified atom stereocenters. The normalized spacial score (nSPS) is 18.3. The van der Waals surface area contributed by atoms with Crippen molar-refractivity contribution in [2.24, 2.45) is 0 Å². The van der Waals surface area contributed by atoms with Crippen LogP contribution in [0.5, 0.6) is 0 Å². The minimum atomic E-state index is -4.38. The van der Waals surface area contributed by atoms with Crippen LogP contribution in [0, 0.1) is 0 Å². The number of halogens is 4. The zero-order chi connectivity index (χ0) is 14.3. The van der Waals surface area contributed by atoms with Crippen LogP contribution in [-0.4, -0.2) is 23.8 Å². The van der Waals surface area contributed by atoms with Gasteiger partial charge < -0.3 is 10.0 Å². The first-order chi connectivity index (χ1) is 8.75. The van der Waals surface area contributed by atoms with Crippen LogP contribution < -0.4 is 4.90 Å². The Kier molecular flexibility index (Phi) is 3.84. The smallest absolute Gasteiger partial charge is 0.386 e. The van der Waals surface area contributed by atoms with Gasteiger partial charge >= 0.3 is 6.18 Å². The zero-order valence-corrected chi connectivity index (χ0v) is 12.1. The lowest BCUT2D eigenvalue weighted by atomic mass is 9.88. The molecular formula is C13H15BrF3NO. The second kappa shape index (κ2) is 4.98. The average molecular weight is 338 g/mol. The summed E-state index contributed by atoms with van der Waals surface area (Å²) in [6, 6.07) is 3.90. The molecule has 0 bridgehead atoms. The maximum Gasteiger partial charge on any atom is 0.418 e. The molecular weight excluding hydrogens is 323 g/mol. The van der Waals surface area contributed by atoms with Gasteiger partial charge in [0.15, 0.2) is 0 Å². The molecule has 0 atom stereocenters. The molecule has 19 heavy (non-hydrogen) atoms. The molecule has 1 heterocycles. The van der Waals surface area contributed by atoms with Gasteiger partial charge in [-0.1, -0.05) is 29.3 Å². The maximum absolute atomic E-state index is 12.9. The van der Waals surface area contributed by atoms with Crippen molar-refractivity contribution in [2.45, 2.75) is 31.5 Å². The first kappa shape index (κ1) is 14.7. The molecule has 1 N–H and O–H groups in total. The number of alkyl halides is 3. The van der Waals surface area contributed by atoms with E-state index in [0.717, 1.165) is 12.5 Å². The number of rotatable bonds is 3. The van der Waals surface area contributed by atoms with Gasteiger partial charge in [-0.15, -0.1) is 0 Å². The summed E-state index contributed by atoms with van der Waals surface area (Å²) in [6.45, 7) is 2.45. The number of β-amino-alcohol motifs (C(OH)–C–C–N with tert-alkyl or cyclic N) is 1. The number of hydrogen-bond donors (Lipinski definition) is 1. The Morgan fingerprint density at radius 1 is 1.37 bits per heavy atom. The number of benzene rings is 1. The predicted molar refractivity (Wildman–Crippen MR) is 71.2 cm³/mol. The molecule has 6 heteroatoms. The summed E-state index contributed by atoms with van der Waals surface area (Å²) >= 11 is 3.19. The SMILES string of the molecule is CCCC1(O)CN(c2cc(Br)ccc2C(F)(F)F)C1. The minimum absolute atomic E-state index is 0.127. The topological polar surface area (TPSA) is 23.5 Å².